The first-order valence-corrected chi connectivity index (χ1v) is 5.63. The van der Waals surface area contributed by atoms with Crippen molar-refractivity contribution >= 4 is 17.7 Å². The molecule has 2 aromatic rings. The molecule has 6 heteroatoms. The van der Waals surface area contributed by atoms with E-state index in [1.165, 1.54) is 24.0 Å². The smallest absolute Gasteiger partial charge is 0.354 e. The molecule has 0 aliphatic heterocycles. The molecule has 2 heterocycles. The van der Waals surface area contributed by atoms with Crippen molar-refractivity contribution in [3.05, 3.63) is 42.0 Å². The van der Waals surface area contributed by atoms with Crippen LogP contribution in [-0.2, 0) is 0 Å². The van der Waals surface area contributed by atoms with Gasteiger partial charge < -0.3 is 5.11 Å². The van der Waals surface area contributed by atoms with Gasteiger partial charge in [-0.3, -0.25) is 0 Å². The fourth-order valence-electron chi connectivity index (χ4n) is 1.17. The molecule has 0 radical (unpaired) electrons. The van der Waals surface area contributed by atoms with Gasteiger partial charge in [-0.15, -0.1) is 0 Å². The molecule has 0 aromatic carbocycles. The molecule has 2 aromatic heterocycles. The van der Waals surface area contributed by atoms with Gasteiger partial charge in [0.15, 0.2) is 5.16 Å². The Morgan fingerprint density at radius 1 is 1.29 bits per heavy atom. The van der Waals surface area contributed by atoms with Gasteiger partial charge >= 0.3 is 5.97 Å². The monoisotopic (exact) mass is 247 g/mol. The Kier molecular flexibility index (Phi) is 3.34. The van der Waals surface area contributed by atoms with Gasteiger partial charge in [-0.1, -0.05) is 0 Å². The maximum absolute atomic E-state index is 10.8. The van der Waals surface area contributed by atoms with Gasteiger partial charge in [0, 0.05) is 23.0 Å². The van der Waals surface area contributed by atoms with Crippen LogP contribution in [0.1, 0.15) is 16.2 Å². The molecular weight excluding hydrogens is 238 g/mol. The highest BCUT2D eigenvalue weighted by atomic mass is 32.2. The summed E-state index contributed by atoms with van der Waals surface area (Å²) in [5, 5.41) is 9.41. The van der Waals surface area contributed by atoms with E-state index in [9.17, 15) is 4.79 Å². The number of aryl methyl sites for hydroxylation is 1. The van der Waals surface area contributed by atoms with Crippen LogP contribution in [-0.4, -0.2) is 26.0 Å². The van der Waals surface area contributed by atoms with Gasteiger partial charge in [-0.25, -0.2) is 19.7 Å². The average molecular weight is 247 g/mol. The summed E-state index contributed by atoms with van der Waals surface area (Å²) in [6.07, 6.45) is 3.13. The molecule has 2 rings (SSSR count). The van der Waals surface area contributed by atoms with Crippen LogP contribution in [0.15, 0.2) is 40.6 Å². The zero-order chi connectivity index (χ0) is 12.3. The van der Waals surface area contributed by atoms with Gasteiger partial charge in [-0.2, -0.15) is 0 Å². The largest absolute Gasteiger partial charge is 0.477 e. The van der Waals surface area contributed by atoms with Gasteiger partial charge in [-0.05, 0) is 36.9 Å². The lowest BCUT2D eigenvalue weighted by Gasteiger charge is -2.01. The Bertz CT molecular complexity index is 560. The Morgan fingerprint density at radius 2 is 2.06 bits per heavy atom. The first-order valence-electron chi connectivity index (χ1n) is 4.82. The molecule has 0 saturated carbocycles. The molecule has 86 valence electrons. The third-order valence-corrected chi connectivity index (χ3v) is 2.80. The van der Waals surface area contributed by atoms with E-state index in [1.807, 2.05) is 6.92 Å². The Labute approximate surface area is 102 Å². The van der Waals surface area contributed by atoms with E-state index in [-0.39, 0.29) is 5.69 Å². The van der Waals surface area contributed by atoms with Crippen LogP contribution in [0, 0.1) is 6.92 Å². The van der Waals surface area contributed by atoms with E-state index in [0.29, 0.717) is 5.16 Å². The lowest BCUT2D eigenvalue weighted by atomic mass is 10.4. The summed E-state index contributed by atoms with van der Waals surface area (Å²) in [5.74, 6) is -1.04. The van der Waals surface area contributed by atoms with E-state index in [0.717, 1.165) is 10.6 Å². The molecule has 0 saturated heterocycles. The quantitative estimate of drug-likeness (QED) is 0.836. The molecule has 0 atom stereocenters. The Balaban J connectivity index is 2.24. The zero-order valence-corrected chi connectivity index (χ0v) is 9.81. The van der Waals surface area contributed by atoms with Crippen molar-refractivity contribution in [1.29, 1.82) is 0 Å². The van der Waals surface area contributed by atoms with Crippen LogP contribution >= 0.6 is 11.8 Å². The van der Waals surface area contributed by atoms with E-state index < -0.39 is 5.97 Å². The van der Waals surface area contributed by atoms with E-state index in [1.54, 1.807) is 18.3 Å². The van der Waals surface area contributed by atoms with E-state index >= 15 is 0 Å². The van der Waals surface area contributed by atoms with Crippen LogP contribution in [0.2, 0.25) is 0 Å². The number of pyridine rings is 1. The molecular formula is C11H9N3O2S. The maximum atomic E-state index is 10.8. The van der Waals surface area contributed by atoms with Crippen LogP contribution < -0.4 is 0 Å². The predicted molar refractivity (Wildman–Crippen MR) is 62.1 cm³/mol. The topological polar surface area (TPSA) is 76.0 Å². The fourth-order valence-corrected chi connectivity index (χ4v) is 1.99. The first kappa shape index (κ1) is 11.5. The van der Waals surface area contributed by atoms with Crippen LogP contribution in [0.3, 0.4) is 0 Å². The minimum atomic E-state index is -1.04. The first-order chi connectivity index (χ1) is 8.15. The SMILES string of the molecule is Cc1ccnc(Sc2ccnc(C(=O)O)c2)n1. The predicted octanol–water partition coefficient (Wildman–Crippen LogP) is 2.03. The zero-order valence-electron chi connectivity index (χ0n) is 8.99. The molecule has 17 heavy (non-hydrogen) atoms. The van der Waals surface area contributed by atoms with Gasteiger partial charge in [0.25, 0.3) is 0 Å². The summed E-state index contributed by atoms with van der Waals surface area (Å²) in [6, 6.07) is 5.03. The van der Waals surface area contributed by atoms with Crippen molar-refractivity contribution in [2.45, 2.75) is 17.0 Å². The Hall–Kier alpha value is -1.95. The number of carboxylic acids is 1. The molecule has 0 unspecified atom stereocenters. The summed E-state index contributed by atoms with van der Waals surface area (Å²) >= 11 is 1.31. The number of hydrogen-bond acceptors (Lipinski definition) is 5. The molecule has 0 aliphatic rings. The molecule has 0 fully saturated rings. The number of aromatic nitrogens is 3. The molecule has 1 N–H and O–H groups in total. The van der Waals surface area contributed by atoms with Gasteiger partial charge in [0.05, 0.1) is 0 Å². The molecule has 0 spiro atoms. The van der Waals surface area contributed by atoms with E-state index in [4.69, 9.17) is 5.11 Å². The number of hydrogen-bond donors (Lipinski definition) is 1. The van der Waals surface area contributed by atoms with Crippen molar-refractivity contribution < 1.29 is 9.90 Å². The second kappa shape index (κ2) is 4.92. The molecule has 0 amide bonds. The number of nitrogens with zero attached hydrogens (tertiary/aromatic N) is 3. The normalized spacial score (nSPS) is 10.2. The van der Waals surface area contributed by atoms with E-state index in [2.05, 4.69) is 15.0 Å². The van der Waals surface area contributed by atoms with Crippen molar-refractivity contribution in [2.75, 3.05) is 0 Å². The summed E-state index contributed by atoms with van der Waals surface area (Å²) in [5.41, 5.74) is 0.887. The number of carbonyl (C=O) groups is 1. The summed E-state index contributed by atoms with van der Waals surface area (Å²) < 4.78 is 0. The highest BCUT2D eigenvalue weighted by molar-refractivity contribution is 7.99. The maximum Gasteiger partial charge on any atom is 0.354 e. The average Bonchev–Trinajstić information content (AvgIpc) is 2.29. The highest BCUT2D eigenvalue weighted by Crippen LogP contribution is 2.24. The second-order valence-electron chi connectivity index (χ2n) is 3.26. The number of carboxylic acid groups (broad SMARTS) is 1. The van der Waals surface area contributed by atoms with Crippen LogP contribution in [0.4, 0.5) is 0 Å². The highest BCUT2D eigenvalue weighted by Gasteiger charge is 2.07. The third kappa shape index (κ3) is 3.01. The van der Waals surface area contributed by atoms with Crippen molar-refractivity contribution in [3.8, 4) is 0 Å². The second-order valence-corrected chi connectivity index (χ2v) is 4.31. The van der Waals surface area contributed by atoms with Crippen molar-refractivity contribution in [3.63, 3.8) is 0 Å². The fraction of sp³-hybridized carbons (Fsp3) is 0.0909. The minimum Gasteiger partial charge on any atom is -0.477 e. The molecule has 5 nitrogen and oxygen atoms in total. The lowest BCUT2D eigenvalue weighted by Crippen LogP contribution is -1.99. The van der Waals surface area contributed by atoms with Crippen molar-refractivity contribution in [1.82, 2.24) is 15.0 Å². The lowest BCUT2D eigenvalue weighted by molar-refractivity contribution is 0.0690. The van der Waals surface area contributed by atoms with Gasteiger partial charge in [0.1, 0.15) is 5.69 Å². The van der Waals surface area contributed by atoms with Gasteiger partial charge in [0.2, 0.25) is 0 Å². The van der Waals surface area contributed by atoms with Crippen LogP contribution in [0.5, 0.6) is 0 Å². The van der Waals surface area contributed by atoms with Crippen LogP contribution in [0.25, 0.3) is 0 Å². The third-order valence-electron chi connectivity index (χ3n) is 1.93. The Morgan fingerprint density at radius 3 is 2.76 bits per heavy atom. The summed E-state index contributed by atoms with van der Waals surface area (Å²) in [4.78, 5) is 23.6. The molecule has 0 bridgehead atoms. The molecule has 0 aliphatic carbocycles. The summed E-state index contributed by atoms with van der Waals surface area (Å²) in [6.45, 7) is 1.88. The van der Waals surface area contributed by atoms with Crippen molar-refractivity contribution in [2.24, 2.45) is 0 Å². The standard InChI is InChI=1S/C11H9N3O2S/c1-7-2-4-13-11(14-7)17-8-3-5-12-9(6-8)10(15)16/h2-6H,1H3,(H,15,16). The number of rotatable bonds is 3. The number of aromatic carboxylic acids is 1. The minimum absolute atomic E-state index is 0.0163. The summed E-state index contributed by atoms with van der Waals surface area (Å²) in [7, 11) is 0.